The first-order valence-electron chi connectivity index (χ1n) is 11.1. The average molecular weight is 448 g/mol. The number of nitrogens with zero attached hydrogens (tertiary/aromatic N) is 1. The minimum absolute atomic E-state index is 0.0109. The van der Waals surface area contributed by atoms with E-state index in [9.17, 15) is 14.0 Å². The zero-order valence-corrected chi connectivity index (χ0v) is 20.1. The number of rotatable bonds is 3. The molecule has 2 aliphatic rings. The van der Waals surface area contributed by atoms with Crippen LogP contribution in [0.4, 0.5) is 9.18 Å². The number of alkyl carbamates (subject to hydrolysis) is 1. The van der Waals surface area contributed by atoms with Crippen molar-refractivity contribution in [1.29, 1.82) is 0 Å². The second kappa shape index (κ2) is 8.67. The molecule has 2 heterocycles. The number of benzene rings is 1. The van der Waals surface area contributed by atoms with Crippen LogP contribution in [0.2, 0.25) is 0 Å². The third kappa shape index (κ3) is 5.43. The lowest BCUT2D eigenvalue weighted by Gasteiger charge is -2.33. The van der Waals surface area contributed by atoms with Gasteiger partial charge >= 0.3 is 13.2 Å². The van der Waals surface area contributed by atoms with E-state index < -0.39 is 41.7 Å². The topological polar surface area (TPSA) is 77.1 Å². The van der Waals surface area contributed by atoms with E-state index in [1.807, 2.05) is 27.7 Å². The fourth-order valence-electron chi connectivity index (χ4n) is 3.75. The number of ether oxygens (including phenoxy) is 1. The van der Waals surface area contributed by atoms with Crippen LogP contribution in [0.1, 0.15) is 71.7 Å². The van der Waals surface area contributed by atoms with Crippen molar-refractivity contribution in [3.05, 3.63) is 29.6 Å². The number of carbonyl (C=O) groups is 2. The van der Waals surface area contributed by atoms with E-state index in [2.05, 4.69) is 5.32 Å². The largest absolute Gasteiger partial charge is 0.494 e. The maximum Gasteiger partial charge on any atom is 0.494 e. The molecular weight excluding hydrogens is 414 g/mol. The quantitative estimate of drug-likeness (QED) is 0.719. The number of amides is 2. The average Bonchev–Trinajstić information content (AvgIpc) is 2.87. The van der Waals surface area contributed by atoms with E-state index in [1.165, 1.54) is 12.1 Å². The highest BCUT2D eigenvalue weighted by Crippen LogP contribution is 2.36. The van der Waals surface area contributed by atoms with Crippen LogP contribution in [-0.4, -0.2) is 60.0 Å². The molecule has 1 N–H and O–H groups in total. The van der Waals surface area contributed by atoms with Gasteiger partial charge in [0.2, 0.25) is 0 Å². The van der Waals surface area contributed by atoms with Gasteiger partial charge in [0.15, 0.2) is 0 Å². The Labute approximate surface area is 190 Å². The van der Waals surface area contributed by atoms with Crippen LogP contribution in [0, 0.1) is 5.82 Å². The predicted octanol–water partition coefficient (Wildman–Crippen LogP) is 3.25. The van der Waals surface area contributed by atoms with Gasteiger partial charge in [0.05, 0.1) is 16.8 Å². The molecule has 1 aromatic carbocycles. The molecule has 0 aromatic heterocycles. The summed E-state index contributed by atoms with van der Waals surface area (Å²) in [6.07, 6.45) is 0.918. The standard InChI is InChI=1S/C23H34BFN2O5/c1-21(2,3)30-20(29)26-16-9-8-12-27(14-16)19(28)17-11-10-15(13-18(17)25)24-31-22(4,5)23(6,7)32-24/h10-11,13,16H,8-9,12,14H2,1-7H3,(H,26,29)/t16-/m1/s1. The molecule has 1 aromatic rings. The summed E-state index contributed by atoms with van der Waals surface area (Å²) in [6, 6.07) is 4.20. The van der Waals surface area contributed by atoms with Crippen molar-refractivity contribution in [3.8, 4) is 0 Å². The normalized spacial score (nSPS) is 22.6. The van der Waals surface area contributed by atoms with Crippen molar-refractivity contribution in [2.24, 2.45) is 0 Å². The fraction of sp³-hybridized carbons (Fsp3) is 0.652. The zero-order chi connectivity index (χ0) is 23.9. The van der Waals surface area contributed by atoms with Crippen molar-refractivity contribution in [1.82, 2.24) is 10.2 Å². The Morgan fingerprint density at radius 3 is 2.38 bits per heavy atom. The summed E-state index contributed by atoms with van der Waals surface area (Å²) < 4.78 is 32.2. The highest BCUT2D eigenvalue weighted by atomic mass is 19.1. The third-order valence-corrected chi connectivity index (χ3v) is 6.18. The van der Waals surface area contributed by atoms with Crippen LogP contribution in [0.15, 0.2) is 18.2 Å². The SMILES string of the molecule is CC(C)(C)OC(=O)N[C@@H]1CCCN(C(=O)c2ccc(B3OC(C)(C)C(C)(C)O3)cc2F)C1. The molecule has 0 unspecified atom stereocenters. The predicted molar refractivity (Wildman–Crippen MR) is 120 cm³/mol. The van der Waals surface area contributed by atoms with Crippen LogP contribution < -0.4 is 10.8 Å². The second-order valence-corrected chi connectivity index (χ2v) is 10.6. The molecule has 1 atom stereocenters. The van der Waals surface area contributed by atoms with Gasteiger partial charge in [-0.05, 0) is 78.9 Å². The molecule has 32 heavy (non-hydrogen) atoms. The number of piperidine rings is 1. The number of hydrogen-bond acceptors (Lipinski definition) is 5. The van der Waals surface area contributed by atoms with Crippen LogP contribution >= 0.6 is 0 Å². The maximum atomic E-state index is 14.9. The number of likely N-dealkylation sites (tertiary alicyclic amines) is 1. The minimum Gasteiger partial charge on any atom is -0.444 e. The van der Waals surface area contributed by atoms with Crippen LogP contribution in [0.5, 0.6) is 0 Å². The number of halogens is 1. The third-order valence-electron chi connectivity index (χ3n) is 6.18. The Morgan fingerprint density at radius 1 is 1.19 bits per heavy atom. The molecule has 0 saturated carbocycles. The monoisotopic (exact) mass is 448 g/mol. The molecule has 2 fully saturated rings. The highest BCUT2D eigenvalue weighted by molar-refractivity contribution is 6.62. The molecule has 176 valence electrons. The van der Waals surface area contributed by atoms with Gasteiger partial charge in [-0.25, -0.2) is 9.18 Å². The molecule has 7 nitrogen and oxygen atoms in total. The molecule has 0 radical (unpaired) electrons. The van der Waals surface area contributed by atoms with E-state index in [1.54, 1.807) is 31.7 Å². The Hall–Kier alpha value is -2.13. The smallest absolute Gasteiger partial charge is 0.444 e. The van der Waals surface area contributed by atoms with Gasteiger partial charge in [0, 0.05) is 19.1 Å². The maximum absolute atomic E-state index is 14.9. The summed E-state index contributed by atoms with van der Waals surface area (Å²) in [5.41, 5.74) is -1.15. The minimum atomic E-state index is -0.698. The van der Waals surface area contributed by atoms with Crippen molar-refractivity contribution in [2.45, 2.75) is 84.2 Å². The number of hydrogen-bond donors (Lipinski definition) is 1. The van der Waals surface area contributed by atoms with Gasteiger partial charge in [-0.1, -0.05) is 6.07 Å². The van der Waals surface area contributed by atoms with E-state index in [4.69, 9.17) is 14.0 Å². The Kier molecular flexibility index (Phi) is 6.64. The molecule has 9 heteroatoms. The molecule has 2 amide bonds. The molecule has 2 aliphatic heterocycles. The molecule has 3 rings (SSSR count). The summed E-state index contributed by atoms with van der Waals surface area (Å²) in [7, 11) is -0.698. The van der Waals surface area contributed by atoms with E-state index in [0.29, 0.717) is 25.0 Å². The van der Waals surface area contributed by atoms with Gasteiger partial charge in [-0.3, -0.25) is 4.79 Å². The fourth-order valence-corrected chi connectivity index (χ4v) is 3.75. The first kappa shape index (κ1) is 24.5. The lowest BCUT2D eigenvalue weighted by Crippen LogP contribution is -2.50. The van der Waals surface area contributed by atoms with Crippen molar-refractivity contribution < 1.29 is 28.0 Å². The zero-order valence-electron chi connectivity index (χ0n) is 20.1. The van der Waals surface area contributed by atoms with E-state index in [-0.39, 0.29) is 11.6 Å². The van der Waals surface area contributed by atoms with Gasteiger partial charge < -0.3 is 24.3 Å². The van der Waals surface area contributed by atoms with Gasteiger partial charge in [0.25, 0.3) is 5.91 Å². The van der Waals surface area contributed by atoms with Crippen LogP contribution in [-0.2, 0) is 14.0 Å². The Balaban J connectivity index is 1.67. The lowest BCUT2D eigenvalue weighted by molar-refractivity contribution is 0.00578. The molecule has 0 bridgehead atoms. The van der Waals surface area contributed by atoms with Crippen molar-refractivity contribution in [2.75, 3.05) is 13.1 Å². The molecule has 0 aliphatic carbocycles. The summed E-state index contributed by atoms with van der Waals surface area (Å²) in [6.45, 7) is 13.9. The molecule has 2 saturated heterocycles. The summed E-state index contributed by atoms with van der Waals surface area (Å²) in [4.78, 5) is 26.6. The summed E-state index contributed by atoms with van der Waals surface area (Å²) >= 11 is 0. The highest BCUT2D eigenvalue weighted by Gasteiger charge is 2.51. The Morgan fingerprint density at radius 2 is 1.81 bits per heavy atom. The van der Waals surface area contributed by atoms with E-state index in [0.717, 1.165) is 6.42 Å². The van der Waals surface area contributed by atoms with Gasteiger partial charge in [-0.15, -0.1) is 0 Å². The number of nitrogens with one attached hydrogen (secondary N) is 1. The summed E-state index contributed by atoms with van der Waals surface area (Å²) in [5, 5.41) is 2.81. The van der Waals surface area contributed by atoms with E-state index >= 15 is 0 Å². The van der Waals surface area contributed by atoms with Gasteiger partial charge in [0.1, 0.15) is 11.4 Å². The molecule has 0 spiro atoms. The number of carbonyl (C=O) groups excluding carboxylic acids is 2. The first-order chi connectivity index (χ1) is 14.7. The first-order valence-corrected chi connectivity index (χ1v) is 11.1. The summed E-state index contributed by atoms with van der Waals surface area (Å²) in [5.74, 6) is -1.02. The second-order valence-electron chi connectivity index (χ2n) is 10.6. The Bertz CT molecular complexity index is 868. The molecular formula is C23H34BFN2O5. The van der Waals surface area contributed by atoms with Crippen LogP contribution in [0.25, 0.3) is 0 Å². The van der Waals surface area contributed by atoms with Crippen molar-refractivity contribution in [3.63, 3.8) is 0 Å². The van der Waals surface area contributed by atoms with Crippen molar-refractivity contribution >= 4 is 24.6 Å². The van der Waals surface area contributed by atoms with Crippen LogP contribution in [0.3, 0.4) is 0 Å². The van der Waals surface area contributed by atoms with Gasteiger partial charge in [-0.2, -0.15) is 0 Å². The lowest BCUT2D eigenvalue weighted by atomic mass is 9.78.